The van der Waals surface area contributed by atoms with Gasteiger partial charge in [0.2, 0.25) is 0 Å². The number of likely N-dealkylation sites (N-methyl/N-ethyl adjacent to an activating group) is 1. The fourth-order valence-electron chi connectivity index (χ4n) is 2.62. The Morgan fingerprint density at radius 3 is 2.42 bits per heavy atom. The van der Waals surface area contributed by atoms with Crippen molar-refractivity contribution in [2.24, 2.45) is 5.41 Å². The Hall–Kier alpha value is -0.120. The zero-order valence-electron chi connectivity index (χ0n) is 13.9. The van der Waals surface area contributed by atoms with E-state index in [0.717, 1.165) is 26.2 Å². The molecule has 1 heterocycles. The second kappa shape index (κ2) is 7.05. The predicted molar refractivity (Wildman–Crippen MR) is 82.6 cm³/mol. The highest BCUT2D eigenvalue weighted by Gasteiger charge is 2.27. The molecule has 0 radical (unpaired) electrons. The van der Waals surface area contributed by atoms with Crippen molar-refractivity contribution < 1.29 is 4.74 Å². The molecule has 0 amide bonds. The maximum absolute atomic E-state index is 5.73. The van der Waals surface area contributed by atoms with Crippen molar-refractivity contribution in [3.63, 3.8) is 0 Å². The van der Waals surface area contributed by atoms with Gasteiger partial charge in [0.25, 0.3) is 0 Å². The van der Waals surface area contributed by atoms with Gasteiger partial charge in [-0.1, -0.05) is 13.8 Å². The molecule has 0 saturated carbocycles. The van der Waals surface area contributed by atoms with Crippen LogP contribution in [-0.4, -0.2) is 49.8 Å². The summed E-state index contributed by atoms with van der Waals surface area (Å²) in [4.78, 5) is 2.45. The van der Waals surface area contributed by atoms with Gasteiger partial charge in [0, 0.05) is 31.8 Å². The topological polar surface area (TPSA) is 24.5 Å². The van der Waals surface area contributed by atoms with Crippen molar-refractivity contribution in [3.05, 3.63) is 0 Å². The number of nitrogens with zero attached hydrogens (tertiary/aromatic N) is 1. The summed E-state index contributed by atoms with van der Waals surface area (Å²) in [6.07, 6.45) is 4.12. The zero-order chi connectivity index (χ0) is 14.5. The van der Waals surface area contributed by atoms with Gasteiger partial charge in [0.15, 0.2) is 0 Å². The van der Waals surface area contributed by atoms with Crippen molar-refractivity contribution in [1.82, 2.24) is 10.2 Å². The summed E-state index contributed by atoms with van der Waals surface area (Å²) in [6, 6.07) is 0. The molecule has 1 N–H and O–H groups in total. The molecule has 3 heteroatoms. The lowest BCUT2D eigenvalue weighted by molar-refractivity contribution is 0.0651. The van der Waals surface area contributed by atoms with Gasteiger partial charge < -0.3 is 15.0 Å². The van der Waals surface area contributed by atoms with E-state index in [9.17, 15) is 0 Å². The van der Waals surface area contributed by atoms with Crippen LogP contribution in [0.25, 0.3) is 0 Å². The summed E-state index contributed by atoms with van der Waals surface area (Å²) in [5.41, 5.74) is 0.532. The van der Waals surface area contributed by atoms with Gasteiger partial charge in [-0.05, 0) is 52.5 Å². The standard InChI is InChI=1S/C16H34N2O/c1-7-16(5,12-17-15(2,3)4)13-18(6)11-14-9-8-10-19-14/h14,17H,7-13H2,1-6H3. The molecule has 0 spiro atoms. The van der Waals surface area contributed by atoms with E-state index < -0.39 is 0 Å². The second-order valence-electron chi connectivity index (χ2n) is 7.60. The van der Waals surface area contributed by atoms with E-state index in [2.05, 4.69) is 51.9 Å². The summed E-state index contributed by atoms with van der Waals surface area (Å²) in [7, 11) is 2.23. The molecule has 1 saturated heterocycles. The summed E-state index contributed by atoms with van der Waals surface area (Å²) >= 11 is 0. The fourth-order valence-corrected chi connectivity index (χ4v) is 2.62. The van der Waals surface area contributed by atoms with Gasteiger partial charge in [0.1, 0.15) is 0 Å². The Balaban J connectivity index is 2.39. The Kier molecular flexibility index (Phi) is 6.28. The van der Waals surface area contributed by atoms with Crippen LogP contribution in [0.3, 0.4) is 0 Å². The van der Waals surface area contributed by atoms with Crippen LogP contribution in [0.15, 0.2) is 0 Å². The first-order valence-corrected chi connectivity index (χ1v) is 7.79. The van der Waals surface area contributed by atoms with Gasteiger partial charge in [-0.15, -0.1) is 0 Å². The highest BCUT2D eigenvalue weighted by molar-refractivity contribution is 4.83. The van der Waals surface area contributed by atoms with Crippen LogP contribution in [0.5, 0.6) is 0 Å². The first-order valence-electron chi connectivity index (χ1n) is 7.79. The number of rotatable bonds is 7. The minimum atomic E-state index is 0.198. The van der Waals surface area contributed by atoms with Crippen LogP contribution < -0.4 is 5.32 Å². The van der Waals surface area contributed by atoms with Crippen molar-refractivity contribution in [2.45, 2.75) is 65.5 Å². The van der Waals surface area contributed by atoms with Crippen LogP contribution in [0.1, 0.15) is 53.9 Å². The maximum Gasteiger partial charge on any atom is 0.0702 e. The molecule has 1 rings (SSSR count). The molecule has 2 atom stereocenters. The van der Waals surface area contributed by atoms with E-state index in [1.807, 2.05) is 0 Å². The molecule has 1 aliphatic heterocycles. The van der Waals surface area contributed by atoms with Crippen LogP contribution in [0.4, 0.5) is 0 Å². The predicted octanol–water partition coefficient (Wildman–Crippen LogP) is 2.90. The second-order valence-corrected chi connectivity index (χ2v) is 7.60. The summed E-state index contributed by atoms with van der Waals surface area (Å²) in [5, 5.41) is 3.65. The van der Waals surface area contributed by atoms with Gasteiger partial charge in [-0.25, -0.2) is 0 Å². The molecule has 0 bridgehead atoms. The third-order valence-electron chi connectivity index (χ3n) is 4.09. The molecule has 114 valence electrons. The van der Waals surface area contributed by atoms with Gasteiger partial charge >= 0.3 is 0 Å². The molecule has 3 nitrogen and oxygen atoms in total. The van der Waals surface area contributed by atoms with Crippen molar-refractivity contribution in [1.29, 1.82) is 0 Å². The van der Waals surface area contributed by atoms with E-state index in [-0.39, 0.29) is 5.54 Å². The van der Waals surface area contributed by atoms with Gasteiger partial charge in [-0.2, -0.15) is 0 Å². The molecule has 0 aromatic carbocycles. The van der Waals surface area contributed by atoms with E-state index in [1.165, 1.54) is 19.3 Å². The van der Waals surface area contributed by atoms with Crippen molar-refractivity contribution in [3.8, 4) is 0 Å². The van der Waals surface area contributed by atoms with Gasteiger partial charge in [-0.3, -0.25) is 0 Å². The average molecular weight is 270 g/mol. The zero-order valence-corrected chi connectivity index (χ0v) is 13.9. The molecule has 0 aliphatic carbocycles. The number of nitrogens with one attached hydrogen (secondary N) is 1. The Labute approximate surface area is 120 Å². The fraction of sp³-hybridized carbons (Fsp3) is 1.00. The Morgan fingerprint density at radius 2 is 1.95 bits per heavy atom. The Bertz CT molecular complexity index is 256. The average Bonchev–Trinajstić information content (AvgIpc) is 2.78. The molecule has 0 aromatic heterocycles. The van der Waals surface area contributed by atoms with E-state index in [0.29, 0.717) is 11.5 Å². The molecule has 0 aromatic rings. The molecular weight excluding hydrogens is 236 g/mol. The maximum atomic E-state index is 5.73. The number of hydrogen-bond acceptors (Lipinski definition) is 3. The normalized spacial score (nSPS) is 23.8. The van der Waals surface area contributed by atoms with Crippen LogP contribution >= 0.6 is 0 Å². The molecular formula is C16H34N2O. The van der Waals surface area contributed by atoms with E-state index in [4.69, 9.17) is 4.74 Å². The number of hydrogen-bond donors (Lipinski definition) is 1. The molecule has 1 fully saturated rings. The highest BCUT2D eigenvalue weighted by atomic mass is 16.5. The SMILES string of the molecule is CCC(C)(CNC(C)(C)C)CN(C)CC1CCCO1. The summed E-state index contributed by atoms with van der Waals surface area (Å²) in [5.74, 6) is 0. The van der Waals surface area contributed by atoms with Crippen LogP contribution in [-0.2, 0) is 4.74 Å². The Morgan fingerprint density at radius 1 is 1.26 bits per heavy atom. The van der Waals surface area contributed by atoms with E-state index >= 15 is 0 Å². The summed E-state index contributed by atoms with van der Waals surface area (Å²) < 4.78 is 5.73. The quantitative estimate of drug-likeness (QED) is 0.770. The van der Waals surface area contributed by atoms with Gasteiger partial charge in [0.05, 0.1) is 6.10 Å². The molecule has 1 aliphatic rings. The lowest BCUT2D eigenvalue weighted by atomic mass is 9.86. The first kappa shape index (κ1) is 16.9. The summed E-state index contributed by atoms with van der Waals surface area (Å²) in [6.45, 7) is 15.6. The monoisotopic (exact) mass is 270 g/mol. The molecule has 2 unspecified atom stereocenters. The lowest BCUT2D eigenvalue weighted by Crippen LogP contribution is -2.47. The first-order chi connectivity index (χ1) is 8.74. The highest BCUT2D eigenvalue weighted by Crippen LogP contribution is 2.23. The smallest absolute Gasteiger partial charge is 0.0702 e. The van der Waals surface area contributed by atoms with Crippen LogP contribution in [0, 0.1) is 5.41 Å². The minimum absolute atomic E-state index is 0.198. The van der Waals surface area contributed by atoms with Crippen LogP contribution in [0.2, 0.25) is 0 Å². The molecule has 19 heavy (non-hydrogen) atoms. The van der Waals surface area contributed by atoms with Crippen molar-refractivity contribution in [2.75, 3.05) is 33.3 Å². The largest absolute Gasteiger partial charge is 0.377 e. The van der Waals surface area contributed by atoms with Crippen molar-refractivity contribution >= 4 is 0 Å². The van der Waals surface area contributed by atoms with E-state index in [1.54, 1.807) is 0 Å². The third-order valence-corrected chi connectivity index (χ3v) is 4.09. The third kappa shape index (κ3) is 6.73. The minimum Gasteiger partial charge on any atom is -0.377 e. The number of ether oxygens (including phenoxy) is 1. The lowest BCUT2D eigenvalue weighted by Gasteiger charge is -2.36.